The second-order valence-corrected chi connectivity index (χ2v) is 8.71. The van der Waals surface area contributed by atoms with Crippen LogP contribution in [-0.2, 0) is 24.8 Å². The number of aliphatic carboxylic acids is 1. The molecule has 2 N–H and O–H groups in total. The van der Waals surface area contributed by atoms with Crippen LogP contribution in [-0.4, -0.2) is 63.4 Å². The number of nitrogens with zero attached hydrogens (tertiary/aromatic N) is 1. The van der Waals surface area contributed by atoms with Crippen molar-refractivity contribution in [2.24, 2.45) is 0 Å². The van der Waals surface area contributed by atoms with Crippen LogP contribution >= 0.6 is 0 Å². The summed E-state index contributed by atoms with van der Waals surface area (Å²) in [4.78, 5) is 10.4. The summed E-state index contributed by atoms with van der Waals surface area (Å²) >= 11 is 0. The zero-order valence-electron chi connectivity index (χ0n) is 10.6. The predicted molar refractivity (Wildman–Crippen MR) is 68.6 cm³/mol. The molecule has 1 unspecified atom stereocenters. The van der Waals surface area contributed by atoms with Gasteiger partial charge in [-0.15, -0.1) is 0 Å². The fourth-order valence-electron chi connectivity index (χ4n) is 1.77. The van der Waals surface area contributed by atoms with Gasteiger partial charge in [0.15, 0.2) is 9.84 Å². The van der Waals surface area contributed by atoms with Gasteiger partial charge in [0.25, 0.3) is 10.2 Å². The summed E-state index contributed by atoms with van der Waals surface area (Å²) in [5, 5.41) is 7.79. The van der Waals surface area contributed by atoms with Gasteiger partial charge in [-0.2, -0.15) is 12.7 Å². The van der Waals surface area contributed by atoms with Gasteiger partial charge in [-0.3, -0.25) is 4.79 Å². The smallest absolute Gasteiger partial charge is 0.304 e. The molecule has 1 aliphatic rings. The van der Waals surface area contributed by atoms with E-state index in [0.29, 0.717) is 12.8 Å². The van der Waals surface area contributed by atoms with Crippen LogP contribution in [0.2, 0.25) is 0 Å². The number of hydrogen-bond donors (Lipinski definition) is 2. The topological polar surface area (TPSA) is 121 Å². The largest absolute Gasteiger partial charge is 0.481 e. The Morgan fingerprint density at radius 3 is 2.58 bits per heavy atom. The van der Waals surface area contributed by atoms with E-state index in [-0.39, 0.29) is 25.3 Å². The summed E-state index contributed by atoms with van der Waals surface area (Å²) in [6.45, 7) is -0.329. The highest BCUT2D eigenvalue weighted by Gasteiger charge is 2.32. The SMILES string of the molecule is CN(CCC(=O)O)S(=O)(=O)NCC1CCCS1(=O)=O. The third-order valence-corrected chi connectivity index (χ3v) is 6.82. The Hall–Kier alpha value is -0.710. The minimum absolute atomic E-state index is 0.0915. The van der Waals surface area contributed by atoms with E-state index < -0.39 is 31.3 Å². The van der Waals surface area contributed by atoms with E-state index in [2.05, 4.69) is 4.72 Å². The summed E-state index contributed by atoms with van der Waals surface area (Å²) in [5.74, 6) is -1.01. The first-order chi connectivity index (χ1) is 8.65. The number of sulfone groups is 1. The lowest BCUT2D eigenvalue weighted by molar-refractivity contribution is -0.137. The average Bonchev–Trinajstić information content (AvgIpc) is 2.62. The van der Waals surface area contributed by atoms with Gasteiger partial charge in [0.05, 0.1) is 17.4 Å². The number of rotatable bonds is 7. The third kappa shape index (κ3) is 4.71. The Balaban J connectivity index is 2.53. The fourth-order valence-corrected chi connectivity index (χ4v) is 4.60. The van der Waals surface area contributed by atoms with Gasteiger partial charge in [0, 0.05) is 20.1 Å². The van der Waals surface area contributed by atoms with Crippen LogP contribution in [0, 0.1) is 0 Å². The second kappa shape index (κ2) is 6.16. The summed E-state index contributed by atoms with van der Waals surface area (Å²) in [6, 6.07) is 0. The molecule has 19 heavy (non-hydrogen) atoms. The molecule has 0 aliphatic carbocycles. The lowest BCUT2D eigenvalue weighted by Crippen LogP contribution is -2.43. The van der Waals surface area contributed by atoms with E-state index in [4.69, 9.17) is 5.11 Å². The van der Waals surface area contributed by atoms with Crippen molar-refractivity contribution >= 4 is 26.0 Å². The minimum atomic E-state index is -3.84. The first kappa shape index (κ1) is 16.3. The van der Waals surface area contributed by atoms with Crippen LogP contribution in [0.25, 0.3) is 0 Å². The Labute approximate surface area is 112 Å². The Kier molecular flexibility index (Phi) is 5.30. The number of carboxylic acids is 1. The van der Waals surface area contributed by atoms with Gasteiger partial charge in [-0.25, -0.2) is 13.1 Å². The summed E-state index contributed by atoms with van der Waals surface area (Å²) in [5.41, 5.74) is 0. The molecule has 1 aliphatic heterocycles. The quantitative estimate of drug-likeness (QED) is 0.609. The van der Waals surface area contributed by atoms with Crippen molar-refractivity contribution in [2.75, 3.05) is 25.9 Å². The van der Waals surface area contributed by atoms with Crippen molar-refractivity contribution in [2.45, 2.75) is 24.5 Å². The van der Waals surface area contributed by atoms with E-state index in [9.17, 15) is 21.6 Å². The van der Waals surface area contributed by atoms with Crippen molar-refractivity contribution < 1.29 is 26.7 Å². The molecule has 1 atom stereocenters. The molecule has 0 aromatic heterocycles. The van der Waals surface area contributed by atoms with Crippen LogP contribution in [0.5, 0.6) is 0 Å². The van der Waals surface area contributed by atoms with Crippen LogP contribution in [0.1, 0.15) is 19.3 Å². The molecule has 112 valence electrons. The van der Waals surface area contributed by atoms with Crippen LogP contribution in [0.15, 0.2) is 0 Å². The molecule has 0 aromatic carbocycles. The minimum Gasteiger partial charge on any atom is -0.481 e. The van der Waals surface area contributed by atoms with Crippen molar-refractivity contribution in [1.29, 1.82) is 0 Å². The highest BCUT2D eigenvalue weighted by molar-refractivity contribution is 7.92. The first-order valence-electron chi connectivity index (χ1n) is 5.79. The molecule has 1 heterocycles. The first-order valence-corrected chi connectivity index (χ1v) is 8.95. The molecular formula is C9H18N2O6S2. The molecule has 0 saturated carbocycles. The number of hydrogen-bond acceptors (Lipinski definition) is 5. The lowest BCUT2D eigenvalue weighted by atomic mass is 10.2. The fraction of sp³-hybridized carbons (Fsp3) is 0.889. The normalized spacial score (nSPS) is 22.7. The summed E-state index contributed by atoms with van der Waals surface area (Å²) in [7, 11) is -5.79. The molecule has 1 saturated heterocycles. The van der Waals surface area contributed by atoms with Gasteiger partial charge in [-0.05, 0) is 12.8 Å². The molecule has 8 nitrogen and oxygen atoms in total. The lowest BCUT2D eigenvalue weighted by Gasteiger charge is -2.18. The van der Waals surface area contributed by atoms with Crippen LogP contribution in [0.4, 0.5) is 0 Å². The molecular weight excluding hydrogens is 296 g/mol. The van der Waals surface area contributed by atoms with Gasteiger partial charge >= 0.3 is 5.97 Å². The van der Waals surface area contributed by atoms with Crippen molar-refractivity contribution in [1.82, 2.24) is 9.03 Å². The maximum absolute atomic E-state index is 11.7. The highest BCUT2D eigenvalue weighted by atomic mass is 32.2. The number of nitrogens with one attached hydrogen (secondary N) is 1. The van der Waals surface area contributed by atoms with Crippen molar-refractivity contribution in [3.05, 3.63) is 0 Å². The van der Waals surface area contributed by atoms with E-state index in [1.165, 1.54) is 7.05 Å². The van der Waals surface area contributed by atoms with E-state index in [1.807, 2.05) is 0 Å². The van der Waals surface area contributed by atoms with Gasteiger partial charge in [-0.1, -0.05) is 0 Å². The Morgan fingerprint density at radius 2 is 2.11 bits per heavy atom. The average molecular weight is 314 g/mol. The summed E-state index contributed by atoms with van der Waals surface area (Å²) in [6.07, 6.45) is 0.687. The maximum Gasteiger partial charge on any atom is 0.304 e. The summed E-state index contributed by atoms with van der Waals surface area (Å²) < 4.78 is 49.6. The zero-order valence-corrected chi connectivity index (χ0v) is 12.2. The molecule has 0 aromatic rings. The molecule has 0 bridgehead atoms. The molecule has 10 heteroatoms. The monoisotopic (exact) mass is 314 g/mol. The van der Waals surface area contributed by atoms with Crippen LogP contribution in [0.3, 0.4) is 0 Å². The molecule has 0 amide bonds. The van der Waals surface area contributed by atoms with Crippen molar-refractivity contribution in [3.63, 3.8) is 0 Å². The Morgan fingerprint density at radius 1 is 1.47 bits per heavy atom. The highest BCUT2D eigenvalue weighted by Crippen LogP contribution is 2.19. The molecule has 0 radical (unpaired) electrons. The Bertz CT molecular complexity index is 527. The van der Waals surface area contributed by atoms with E-state index in [1.54, 1.807) is 0 Å². The number of carboxylic acid groups (broad SMARTS) is 1. The van der Waals surface area contributed by atoms with E-state index >= 15 is 0 Å². The maximum atomic E-state index is 11.7. The molecule has 0 spiro atoms. The van der Waals surface area contributed by atoms with Crippen LogP contribution < -0.4 is 4.72 Å². The van der Waals surface area contributed by atoms with Gasteiger partial charge < -0.3 is 5.11 Å². The second-order valence-electron chi connectivity index (χ2n) is 4.45. The zero-order chi connectivity index (χ0) is 14.7. The number of carbonyl (C=O) groups is 1. The van der Waals surface area contributed by atoms with Crippen molar-refractivity contribution in [3.8, 4) is 0 Å². The standard InChI is InChI=1S/C9H18N2O6S2/c1-11(5-4-9(12)13)19(16,17)10-7-8-3-2-6-18(8,14)15/h8,10H,2-7H2,1H3,(H,12,13). The van der Waals surface area contributed by atoms with E-state index in [0.717, 1.165) is 4.31 Å². The predicted octanol–water partition coefficient (Wildman–Crippen LogP) is -1.20. The van der Waals surface area contributed by atoms with Gasteiger partial charge in [0.1, 0.15) is 0 Å². The van der Waals surface area contributed by atoms with Gasteiger partial charge in [0.2, 0.25) is 0 Å². The molecule has 1 rings (SSSR count). The third-order valence-electron chi connectivity index (χ3n) is 3.01. The molecule has 1 fully saturated rings.